The van der Waals surface area contributed by atoms with Crippen molar-refractivity contribution in [2.24, 2.45) is 5.73 Å². The number of aryl methyl sites for hydroxylation is 1. The first-order chi connectivity index (χ1) is 12.5. The number of fused-ring (bicyclic) bond motifs is 2. The van der Waals surface area contributed by atoms with Gasteiger partial charge in [0, 0.05) is 43.3 Å². The average Bonchev–Trinajstić information content (AvgIpc) is 3.15. The van der Waals surface area contributed by atoms with Crippen LogP contribution in [0.3, 0.4) is 0 Å². The number of amides is 1. The van der Waals surface area contributed by atoms with Crippen LogP contribution in [0.4, 0.5) is 0 Å². The minimum atomic E-state index is -0.253. The van der Waals surface area contributed by atoms with Gasteiger partial charge in [-0.25, -0.2) is 9.78 Å². The molecule has 1 unspecified atom stereocenters. The predicted octanol–water partition coefficient (Wildman–Crippen LogP) is 0.883. The second kappa shape index (κ2) is 6.62. The molecule has 1 aliphatic rings. The molecule has 2 aromatic heterocycles. The molecule has 1 atom stereocenters. The number of aromatic nitrogens is 4. The molecular formula is C17H19ClN6O2. The second-order valence-electron chi connectivity index (χ2n) is 6.49. The highest BCUT2D eigenvalue weighted by Gasteiger charge is 2.20. The highest BCUT2D eigenvalue weighted by Crippen LogP contribution is 2.16. The second-order valence-corrected chi connectivity index (χ2v) is 6.93. The molecular weight excluding hydrogens is 356 g/mol. The Morgan fingerprint density at radius 3 is 3.15 bits per heavy atom. The molecule has 0 bridgehead atoms. The van der Waals surface area contributed by atoms with Gasteiger partial charge in [-0.2, -0.15) is 0 Å². The van der Waals surface area contributed by atoms with Crippen LogP contribution < -0.4 is 16.7 Å². The molecule has 0 aliphatic carbocycles. The van der Waals surface area contributed by atoms with Crippen LogP contribution in [-0.2, 0) is 19.5 Å². The topological polar surface area (TPSA) is 111 Å². The average molecular weight is 375 g/mol. The quantitative estimate of drug-likeness (QED) is 0.629. The van der Waals surface area contributed by atoms with Gasteiger partial charge in [0.05, 0.1) is 11.0 Å². The van der Waals surface area contributed by atoms with Gasteiger partial charge in [-0.05, 0) is 24.6 Å². The number of H-pyrrole nitrogens is 1. The summed E-state index contributed by atoms with van der Waals surface area (Å²) < 4.78 is 3.51. The Morgan fingerprint density at radius 2 is 2.31 bits per heavy atom. The molecule has 9 heteroatoms. The van der Waals surface area contributed by atoms with E-state index in [1.54, 1.807) is 29.0 Å². The molecule has 3 aromatic rings. The highest BCUT2D eigenvalue weighted by atomic mass is 35.5. The van der Waals surface area contributed by atoms with Gasteiger partial charge in [-0.1, -0.05) is 11.6 Å². The van der Waals surface area contributed by atoms with Gasteiger partial charge in [0.1, 0.15) is 11.5 Å². The maximum absolute atomic E-state index is 12.3. The van der Waals surface area contributed by atoms with E-state index < -0.39 is 0 Å². The summed E-state index contributed by atoms with van der Waals surface area (Å²) in [6.07, 6.45) is 3.40. The van der Waals surface area contributed by atoms with Crippen molar-refractivity contribution in [1.82, 2.24) is 24.4 Å². The van der Waals surface area contributed by atoms with Gasteiger partial charge < -0.3 is 20.6 Å². The number of rotatable bonds is 4. The zero-order valence-electron chi connectivity index (χ0n) is 14.0. The Bertz CT molecular complexity index is 1030. The zero-order valence-corrected chi connectivity index (χ0v) is 14.8. The summed E-state index contributed by atoms with van der Waals surface area (Å²) in [5, 5.41) is 3.37. The predicted molar refractivity (Wildman–Crippen MR) is 98.4 cm³/mol. The van der Waals surface area contributed by atoms with E-state index in [-0.39, 0.29) is 17.6 Å². The lowest BCUT2D eigenvalue weighted by atomic mass is 10.1. The zero-order chi connectivity index (χ0) is 18.3. The summed E-state index contributed by atoms with van der Waals surface area (Å²) in [5.74, 6) is 0.637. The lowest BCUT2D eigenvalue weighted by Crippen LogP contribution is -2.31. The van der Waals surface area contributed by atoms with Gasteiger partial charge in [-0.3, -0.25) is 9.36 Å². The molecule has 0 fully saturated rings. The van der Waals surface area contributed by atoms with Crippen molar-refractivity contribution in [2.75, 3.05) is 6.54 Å². The maximum Gasteiger partial charge on any atom is 0.326 e. The van der Waals surface area contributed by atoms with E-state index >= 15 is 0 Å². The van der Waals surface area contributed by atoms with Gasteiger partial charge in [-0.15, -0.1) is 0 Å². The number of nitrogens with one attached hydrogen (secondary N) is 2. The normalized spacial score (nSPS) is 16.6. The van der Waals surface area contributed by atoms with Crippen molar-refractivity contribution in [3.05, 3.63) is 51.4 Å². The number of hydrogen-bond acceptors (Lipinski definition) is 4. The lowest BCUT2D eigenvalue weighted by molar-refractivity contribution is 0.0947. The molecule has 0 saturated carbocycles. The van der Waals surface area contributed by atoms with Gasteiger partial charge in [0.2, 0.25) is 0 Å². The molecule has 4 rings (SSSR count). The summed E-state index contributed by atoms with van der Waals surface area (Å²) >= 11 is 5.94. The third kappa shape index (κ3) is 3.13. The van der Waals surface area contributed by atoms with Crippen molar-refractivity contribution >= 4 is 28.5 Å². The molecule has 1 aliphatic heterocycles. The van der Waals surface area contributed by atoms with Crippen LogP contribution in [0.1, 0.15) is 22.7 Å². The number of aromatic amines is 1. The van der Waals surface area contributed by atoms with Crippen molar-refractivity contribution in [2.45, 2.75) is 32.0 Å². The standard InChI is InChI=1S/C17H19ClN6O2/c18-10-1-3-14-12(7-10)22-17(26)24(14)6-5-20-16(25)13-9-23-8-11(19)2-4-15(23)21-13/h1,3,7,9,11H,2,4-6,8,19H2,(H,20,25)(H,22,26). The summed E-state index contributed by atoms with van der Waals surface area (Å²) in [4.78, 5) is 31.6. The SMILES string of the molecule is NC1CCc2nc(C(=O)NCCn3c(=O)[nH]c4cc(Cl)ccc43)cn2C1. The fourth-order valence-electron chi connectivity index (χ4n) is 3.31. The molecule has 26 heavy (non-hydrogen) atoms. The fraction of sp³-hybridized carbons (Fsp3) is 0.353. The largest absolute Gasteiger partial charge is 0.349 e. The Labute approximate surface area is 154 Å². The van der Waals surface area contributed by atoms with Crippen molar-refractivity contribution in [3.63, 3.8) is 0 Å². The van der Waals surface area contributed by atoms with E-state index in [0.29, 0.717) is 35.9 Å². The summed E-state index contributed by atoms with van der Waals surface area (Å²) in [7, 11) is 0. The van der Waals surface area contributed by atoms with Gasteiger partial charge in [0.15, 0.2) is 0 Å². The monoisotopic (exact) mass is 374 g/mol. The molecule has 0 spiro atoms. The Hall–Kier alpha value is -2.58. The number of hydrogen-bond donors (Lipinski definition) is 3. The van der Waals surface area contributed by atoms with Crippen LogP contribution in [0.15, 0.2) is 29.2 Å². The summed E-state index contributed by atoms with van der Waals surface area (Å²) in [6, 6.07) is 5.32. The summed E-state index contributed by atoms with van der Waals surface area (Å²) in [6.45, 7) is 1.35. The number of carbonyl (C=O) groups is 1. The van der Waals surface area contributed by atoms with E-state index in [4.69, 9.17) is 17.3 Å². The van der Waals surface area contributed by atoms with Gasteiger partial charge >= 0.3 is 5.69 Å². The smallest absolute Gasteiger partial charge is 0.326 e. The molecule has 1 amide bonds. The van der Waals surface area contributed by atoms with Crippen LogP contribution in [0, 0.1) is 0 Å². The van der Waals surface area contributed by atoms with Crippen molar-refractivity contribution in [1.29, 1.82) is 0 Å². The first-order valence-corrected chi connectivity index (χ1v) is 8.87. The first kappa shape index (κ1) is 16.9. The Kier molecular flexibility index (Phi) is 4.29. The van der Waals surface area contributed by atoms with Crippen LogP contribution in [0.25, 0.3) is 11.0 Å². The van der Waals surface area contributed by atoms with E-state index in [2.05, 4.69) is 15.3 Å². The highest BCUT2D eigenvalue weighted by molar-refractivity contribution is 6.31. The number of nitrogens with zero attached hydrogens (tertiary/aromatic N) is 3. The number of carbonyl (C=O) groups excluding carboxylic acids is 1. The molecule has 136 valence electrons. The molecule has 8 nitrogen and oxygen atoms in total. The number of nitrogens with two attached hydrogens (primary N) is 1. The Balaban J connectivity index is 1.43. The number of halogens is 1. The van der Waals surface area contributed by atoms with Gasteiger partial charge in [0.25, 0.3) is 5.91 Å². The van der Waals surface area contributed by atoms with Crippen LogP contribution in [-0.4, -0.2) is 37.6 Å². The maximum atomic E-state index is 12.3. The van der Waals surface area contributed by atoms with E-state index in [0.717, 1.165) is 24.2 Å². The number of benzene rings is 1. The minimum absolute atomic E-state index is 0.106. The molecule has 1 aromatic carbocycles. The van der Waals surface area contributed by atoms with Crippen LogP contribution in [0.5, 0.6) is 0 Å². The third-order valence-electron chi connectivity index (χ3n) is 4.62. The van der Waals surface area contributed by atoms with Crippen molar-refractivity contribution in [3.8, 4) is 0 Å². The van der Waals surface area contributed by atoms with Crippen molar-refractivity contribution < 1.29 is 4.79 Å². The third-order valence-corrected chi connectivity index (χ3v) is 4.85. The Morgan fingerprint density at radius 1 is 1.46 bits per heavy atom. The molecule has 0 saturated heterocycles. The van der Waals surface area contributed by atoms with Crippen LogP contribution in [0.2, 0.25) is 5.02 Å². The first-order valence-electron chi connectivity index (χ1n) is 8.49. The van der Waals surface area contributed by atoms with E-state index in [1.165, 1.54) is 0 Å². The molecule has 0 radical (unpaired) electrons. The summed E-state index contributed by atoms with van der Waals surface area (Å²) in [5.41, 5.74) is 7.52. The number of imidazole rings is 2. The minimum Gasteiger partial charge on any atom is -0.349 e. The molecule has 3 heterocycles. The fourth-order valence-corrected chi connectivity index (χ4v) is 3.48. The van der Waals surface area contributed by atoms with E-state index in [1.807, 2.05) is 4.57 Å². The molecule has 4 N–H and O–H groups in total. The van der Waals surface area contributed by atoms with Crippen LogP contribution >= 0.6 is 11.6 Å². The lowest BCUT2D eigenvalue weighted by Gasteiger charge is -2.19. The van der Waals surface area contributed by atoms with E-state index in [9.17, 15) is 9.59 Å².